The molecule has 0 fully saturated rings. The number of carbonyl (C=O) groups excluding carboxylic acids is 1. The van der Waals surface area contributed by atoms with Crippen LogP contribution in [0.2, 0.25) is 0 Å². The van der Waals surface area contributed by atoms with E-state index in [1.165, 1.54) is 11.2 Å². The number of carboxylic acids is 1. The molecule has 0 saturated carbocycles. The fourth-order valence-electron chi connectivity index (χ4n) is 2.03. The van der Waals surface area contributed by atoms with Gasteiger partial charge in [-0.1, -0.05) is 29.8 Å². The minimum Gasteiger partial charge on any atom is -0.477 e. The van der Waals surface area contributed by atoms with Gasteiger partial charge >= 0.3 is 5.97 Å². The van der Waals surface area contributed by atoms with Gasteiger partial charge in [-0.2, -0.15) is 0 Å². The molecule has 0 radical (unpaired) electrons. The van der Waals surface area contributed by atoms with Gasteiger partial charge < -0.3 is 15.0 Å². The fraction of sp³-hybridized carbons (Fsp3) is 0.267. The van der Waals surface area contributed by atoms with Crippen LogP contribution in [-0.4, -0.2) is 38.9 Å². The molecule has 1 aromatic carbocycles. The maximum atomic E-state index is 12.4. The standard InChI is InChI=1S/C15H17N3O3/c1-9-4-6-11(7-5-9)10(2)18(3)14(19)12-13(15(20)21)17-8-16-12/h4-8,10H,1-3H3,(H,16,17)(H,20,21). The van der Waals surface area contributed by atoms with E-state index in [0.29, 0.717) is 0 Å². The molecule has 1 aromatic heterocycles. The molecule has 0 bridgehead atoms. The molecule has 2 N–H and O–H groups in total. The first-order valence-electron chi connectivity index (χ1n) is 6.52. The van der Waals surface area contributed by atoms with Crippen molar-refractivity contribution in [1.29, 1.82) is 0 Å². The van der Waals surface area contributed by atoms with Crippen LogP contribution in [0.5, 0.6) is 0 Å². The molecule has 1 heterocycles. The van der Waals surface area contributed by atoms with Gasteiger partial charge in [-0.3, -0.25) is 4.79 Å². The maximum absolute atomic E-state index is 12.4. The Bertz CT molecular complexity index is 661. The van der Waals surface area contributed by atoms with Gasteiger partial charge in [-0.25, -0.2) is 9.78 Å². The summed E-state index contributed by atoms with van der Waals surface area (Å²) >= 11 is 0. The third kappa shape index (κ3) is 2.94. The van der Waals surface area contributed by atoms with Crippen molar-refractivity contribution in [3.8, 4) is 0 Å². The second-order valence-corrected chi connectivity index (χ2v) is 4.93. The minimum absolute atomic E-state index is 0.0797. The zero-order valence-electron chi connectivity index (χ0n) is 12.1. The lowest BCUT2D eigenvalue weighted by molar-refractivity contribution is 0.0665. The van der Waals surface area contributed by atoms with E-state index in [1.807, 2.05) is 38.1 Å². The highest BCUT2D eigenvalue weighted by atomic mass is 16.4. The number of aromatic nitrogens is 2. The Morgan fingerprint density at radius 1 is 1.29 bits per heavy atom. The van der Waals surface area contributed by atoms with Crippen molar-refractivity contribution in [2.45, 2.75) is 19.9 Å². The van der Waals surface area contributed by atoms with Crippen LogP contribution in [0.3, 0.4) is 0 Å². The number of nitrogens with zero attached hydrogens (tertiary/aromatic N) is 2. The van der Waals surface area contributed by atoms with E-state index in [1.54, 1.807) is 7.05 Å². The second kappa shape index (κ2) is 5.78. The van der Waals surface area contributed by atoms with Crippen LogP contribution in [0.25, 0.3) is 0 Å². The van der Waals surface area contributed by atoms with Gasteiger partial charge in [0.05, 0.1) is 12.4 Å². The van der Waals surface area contributed by atoms with Crippen LogP contribution in [0.1, 0.15) is 45.1 Å². The lowest BCUT2D eigenvalue weighted by atomic mass is 10.1. The molecule has 0 aliphatic carbocycles. The number of H-pyrrole nitrogens is 1. The number of carbonyl (C=O) groups is 2. The number of benzene rings is 1. The summed E-state index contributed by atoms with van der Waals surface area (Å²) in [5, 5.41) is 9.03. The number of amides is 1. The Labute approximate surface area is 122 Å². The molecule has 6 nitrogen and oxygen atoms in total. The second-order valence-electron chi connectivity index (χ2n) is 4.93. The Hall–Kier alpha value is -2.63. The number of aromatic carboxylic acids is 1. The average Bonchev–Trinajstić information content (AvgIpc) is 2.95. The molecule has 2 aromatic rings. The lowest BCUT2D eigenvalue weighted by Gasteiger charge is -2.25. The van der Waals surface area contributed by atoms with Crippen molar-refractivity contribution in [3.63, 3.8) is 0 Å². The zero-order valence-corrected chi connectivity index (χ0v) is 12.1. The van der Waals surface area contributed by atoms with Crippen LogP contribution < -0.4 is 0 Å². The molecular weight excluding hydrogens is 270 g/mol. The normalized spacial score (nSPS) is 12.0. The van der Waals surface area contributed by atoms with Crippen LogP contribution in [0.15, 0.2) is 30.6 Å². The van der Waals surface area contributed by atoms with Gasteiger partial charge in [-0.15, -0.1) is 0 Å². The summed E-state index contributed by atoms with van der Waals surface area (Å²) < 4.78 is 0. The Morgan fingerprint density at radius 2 is 1.90 bits per heavy atom. The first-order chi connectivity index (χ1) is 9.91. The molecule has 0 aliphatic heterocycles. The SMILES string of the molecule is Cc1ccc(C(C)N(C)C(=O)c2nc[nH]c2C(=O)O)cc1. The summed E-state index contributed by atoms with van der Waals surface area (Å²) in [6.45, 7) is 3.88. The maximum Gasteiger partial charge on any atom is 0.354 e. The van der Waals surface area contributed by atoms with Crippen molar-refractivity contribution < 1.29 is 14.7 Å². The number of hydrogen-bond donors (Lipinski definition) is 2. The van der Waals surface area contributed by atoms with E-state index < -0.39 is 11.9 Å². The highest BCUT2D eigenvalue weighted by Gasteiger charge is 2.25. The number of aryl methyl sites for hydroxylation is 1. The quantitative estimate of drug-likeness (QED) is 0.903. The van der Waals surface area contributed by atoms with E-state index >= 15 is 0 Å². The Balaban J connectivity index is 2.24. The number of nitrogens with one attached hydrogen (secondary N) is 1. The van der Waals surface area contributed by atoms with Gasteiger partial charge in [0.15, 0.2) is 11.4 Å². The summed E-state index contributed by atoms with van der Waals surface area (Å²) in [5.74, 6) is -1.63. The Kier molecular flexibility index (Phi) is 4.07. The monoisotopic (exact) mass is 287 g/mol. The Morgan fingerprint density at radius 3 is 2.48 bits per heavy atom. The summed E-state index contributed by atoms with van der Waals surface area (Å²) in [7, 11) is 1.63. The number of aromatic amines is 1. The molecular formula is C15H17N3O3. The summed E-state index contributed by atoms with van der Waals surface area (Å²) in [6.07, 6.45) is 1.21. The molecule has 21 heavy (non-hydrogen) atoms. The highest BCUT2D eigenvalue weighted by molar-refractivity contribution is 6.02. The number of carboxylic acid groups (broad SMARTS) is 1. The molecule has 2 rings (SSSR count). The minimum atomic E-state index is -1.20. The van der Waals surface area contributed by atoms with Gasteiger partial charge in [0, 0.05) is 7.05 Å². The molecule has 6 heteroatoms. The van der Waals surface area contributed by atoms with Crippen LogP contribution >= 0.6 is 0 Å². The van der Waals surface area contributed by atoms with E-state index in [9.17, 15) is 9.59 Å². The van der Waals surface area contributed by atoms with E-state index in [2.05, 4.69) is 9.97 Å². The smallest absolute Gasteiger partial charge is 0.354 e. The van der Waals surface area contributed by atoms with Gasteiger partial charge in [0.1, 0.15) is 0 Å². The molecule has 1 amide bonds. The summed E-state index contributed by atoms with van der Waals surface area (Å²) in [4.78, 5) is 31.2. The first-order valence-corrected chi connectivity index (χ1v) is 6.52. The third-order valence-corrected chi connectivity index (χ3v) is 3.52. The third-order valence-electron chi connectivity index (χ3n) is 3.52. The van der Waals surface area contributed by atoms with Gasteiger partial charge in [0.25, 0.3) is 5.91 Å². The lowest BCUT2D eigenvalue weighted by Crippen LogP contribution is -2.31. The van der Waals surface area contributed by atoms with Crippen LogP contribution in [0.4, 0.5) is 0 Å². The van der Waals surface area contributed by atoms with E-state index in [0.717, 1.165) is 11.1 Å². The zero-order chi connectivity index (χ0) is 15.6. The van der Waals surface area contributed by atoms with E-state index in [4.69, 9.17) is 5.11 Å². The van der Waals surface area contributed by atoms with Crippen molar-refractivity contribution in [1.82, 2.24) is 14.9 Å². The predicted octanol–water partition coefficient (Wildman–Crippen LogP) is 2.25. The molecule has 0 aliphatic rings. The highest BCUT2D eigenvalue weighted by Crippen LogP contribution is 2.21. The number of rotatable bonds is 4. The largest absolute Gasteiger partial charge is 0.477 e. The van der Waals surface area contributed by atoms with Gasteiger partial charge in [0.2, 0.25) is 0 Å². The van der Waals surface area contributed by atoms with Crippen molar-refractivity contribution >= 4 is 11.9 Å². The molecule has 1 unspecified atom stereocenters. The molecule has 0 spiro atoms. The summed E-state index contributed by atoms with van der Waals surface area (Å²) in [5.41, 5.74) is 1.84. The molecule has 1 atom stereocenters. The van der Waals surface area contributed by atoms with E-state index in [-0.39, 0.29) is 17.4 Å². The fourth-order valence-corrected chi connectivity index (χ4v) is 2.03. The van der Waals surface area contributed by atoms with Crippen molar-refractivity contribution in [2.75, 3.05) is 7.05 Å². The topological polar surface area (TPSA) is 86.3 Å². The van der Waals surface area contributed by atoms with Crippen LogP contribution in [0, 0.1) is 6.92 Å². The number of hydrogen-bond acceptors (Lipinski definition) is 3. The predicted molar refractivity (Wildman–Crippen MR) is 77.2 cm³/mol. The summed E-state index contributed by atoms with van der Waals surface area (Å²) in [6, 6.07) is 7.66. The van der Waals surface area contributed by atoms with Crippen LogP contribution in [-0.2, 0) is 0 Å². The average molecular weight is 287 g/mol. The van der Waals surface area contributed by atoms with Gasteiger partial charge in [-0.05, 0) is 19.4 Å². The first kappa shape index (κ1) is 14.8. The molecule has 110 valence electrons. The van der Waals surface area contributed by atoms with Crippen molar-refractivity contribution in [3.05, 3.63) is 53.1 Å². The molecule has 0 saturated heterocycles. The van der Waals surface area contributed by atoms with Crippen molar-refractivity contribution in [2.24, 2.45) is 0 Å². The number of imidazole rings is 1.